The highest BCUT2D eigenvalue weighted by atomic mass is 16.6. The van der Waals surface area contributed by atoms with Gasteiger partial charge in [-0.2, -0.15) is 0 Å². The van der Waals surface area contributed by atoms with E-state index in [4.69, 9.17) is 4.74 Å². The largest absolute Gasteiger partial charge is 0.504 e. The van der Waals surface area contributed by atoms with Gasteiger partial charge in [-0.3, -0.25) is 0 Å². The number of aliphatic hydroxyl groups is 1. The predicted octanol–water partition coefficient (Wildman–Crippen LogP) is 2.39. The number of likely N-dealkylation sites (N-methyl/N-ethyl adjacent to an activating group) is 1. The van der Waals surface area contributed by atoms with E-state index in [0.29, 0.717) is 5.56 Å². The molecular weight excluding hydrogens is 274 g/mol. The molecule has 6 heteroatoms. The molecule has 0 saturated carbocycles. The Kier molecular flexibility index (Phi) is 5.06. The minimum absolute atomic E-state index is 0.265. The zero-order valence-electron chi connectivity index (χ0n) is 13.0. The lowest BCUT2D eigenvalue weighted by Crippen LogP contribution is -2.42. The zero-order chi connectivity index (χ0) is 16.4. The lowest BCUT2D eigenvalue weighted by molar-refractivity contribution is 0.00515. The van der Waals surface area contributed by atoms with Crippen LogP contribution in [0.4, 0.5) is 4.79 Å². The molecule has 1 amide bonds. The number of phenols is 2. The second-order valence-corrected chi connectivity index (χ2v) is 6.02. The van der Waals surface area contributed by atoms with Crippen molar-refractivity contribution in [1.82, 2.24) is 4.90 Å². The highest BCUT2D eigenvalue weighted by Gasteiger charge is 2.28. The van der Waals surface area contributed by atoms with Gasteiger partial charge in [0.15, 0.2) is 11.5 Å². The molecule has 0 radical (unpaired) electrons. The van der Waals surface area contributed by atoms with Crippen molar-refractivity contribution in [1.29, 1.82) is 0 Å². The Morgan fingerprint density at radius 1 is 1.24 bits per heavy atom. The van der Waals surface area contributed by atoms with Gasteiger partial charge in [0.2, 0.25) is 0 Å². The third-order valence-corrected chi connectivity index (χ3v) is 3.09. The van der Waals surface area contributed by atoms with Crippen LogP contribution in [0.25, 0.3) is 0 Å². The van der Waals surface area contributed by atoms with Crippen molar-refractivity contribution in [2.24, 2.45) is 0 Å². The minimum atomic E-state index is -1.02. The van der Waals surface area contributed by atoms with Crippen LogP contribution in [-0.2, 0) is 4.74 Å². The molecule has 21 heavy (non-hydrogen) atoms. The Morgan fingerprint density at radius 3 is 2.29 bits per heavy atom. The standard InChI is InChI=1S/C15H23NO5/c1-9(16(5)14(20)21-15(2,3)4)13(19)10-6-7-11(17)12(18)8-10/h6-9,13,17-19H,1-5H3/t9-,13-/m0/s1. The molecule has 0 unspecified atom stereocenters. The maximum Gasteiger partial charge on any atom is 0.410 e. The SMILES string of the molecule is C[C@@H]([C@H](O)c1ccc(O)c(O)c1)N(C)C(=O)OC(C)(C)C. The fourth-order valence-corrected chi connectivity index (χ4v) is 1.71. The van der Waals surface area contributed by atoms with E-state index in [1.807, 2.05) is 0 Å². The summed E-state index contributed by atoms with van der Waals surface area (Å²) < 4.78 is 5.24. The Bertz CT molecular complexity index is 509. The molecule has 0 saturated heterocycles. The third-order valence-electron chi connectivity index (χ3n) is 3.09. The number of nitrogens with zero attached hydrogens (tertiary/aromatic N) is 1. The smallest absolute Gasteiger partial charge is 0.410 e. The van der Waals surface area contributed by atoms with Gasteiger partial charge in [-0.05, 0) is 45.4 Å². The van der Waals surface area contributed by atoms with Crippen molar-refractivity contribution in [2.45, 2.75) is 45.4 Å². The second kappa shape index (κ2) is 6.22. The molecule has 6 nitrogen and oxygen atoms in total. The first-order valence-corrected chi connectivity index (χ1v) is 6.68. The third kappa shape index (κ3) is 4.53. The summed E-state index contributed by atoms with van der Waals surface area (Å²) in [6.45, 7) is 6.95. The van der Waals surface area contributed by atoms with Gasteiger partial charge in [-0.1, -0.05) is 6.07 Å². The number of hydrogen-bond acceptors (Lipinski definition) is 5. The molecule has 0 aliphatic rings. The van der Waals surface area contributed by atoms with Gasteiger partial charge in [0.1, 0.15) is 5.60 Å². The van der Waals surface area contributed by atoms with E-state index in [1.165, 1.54) is 30.1 Å². The molecule has 0 aromatic heterocycles. The van der Waals surface area contributed by atoms with Gasteiger partial charge >= 0.3 is 6.09 Å². The average molecular weight is 297 g/mol. The number of ether oxygens (including phenoxy) is 1. The van der Waals surface area contributed by atoms with Crippen LogP contribution in [0.15, 0.2) is 18.2 Å². The summed E-state index contributed by atoms with van der Waals surface area (Å²) in [5.74, 6) is -0.585. The average Bonchev–Trinajstić information content (AvgIpc) is 2.37. The van der Waals surface area contributed by atoms with Crippen molar-refractivity contribution in [3.63, 3.8) is 0 Å². The Hall–Kier alpha value is -1.95. The topological polar surface area (TPSA) is 90.2 Å². The van der Waals surface area contributed by atoms with Gasteiger partial charge in [0.05, 0.1) is 12.1 Å². The second-order valence-electron chi connectivity index (χ2n) is 6.02. The summed E-state index contributed by atoms with van der Waals surface area (Å²) in [5, 5.41) is 29.0. The molecule has 0 spiro atoms. The number of aromatic hydroxyl groups is 2. The quantitative estimate of drug-likeness (QED) is 0.745. The zero-order valence-corrected chi connectivity index (χ0v) is 13.0. The fourth-order valence-electron chi connectivity index (χ4n) is 1.71. The molecule has 1 aromatic carbocycles. The van der Waals surface area contributed by atoms with Crippen LogP contribution in [0.3, 0.4) is 0 Å². The Balaban J connectivity index is 2.83. The number of benzene rings is 1. The van der Waals surface area contributed by atoms with Crippen molar-refractivity contribution in [3.05, 3.63) is 23.8 Å². The molecule has 0 bridgehead atoms. The molecule has 118 valence electrons. The van der Waals surface area contributed by atoms with Gasteiger partial charge < -0.3 is 25.0 Å². The summed E-state index contributed by atoms with van der Waals surface area (Å²) >= 11 is 0. The lowest BCUT2D eigenvalue weighted by atomic mass is 10.0. The van der Waals surface area contributed by atoms with Crippen molar-refractivity contribution < 1.29 is 24.9 Å². The van der Waals surface area contributed by atoms with Crippen LogP contribution >= 0.6 is 0 Å². The first kappa shape index (κ1) is 17.1. The maximum absolute atomic E-state index is 12.0. The summed E-state index contributed by atoms with van der Waals surface area (Å²) in [6, 6.07) is 3.47. The van der Waals surface area contributed by atoms with Crippen molar-refractivity contribution >= 4 is 6.09 Å². The molecule has 3 N–H and O–H groups in total. The van der Waals surface area contributed by atoms with Crippen LogP contribution in [0.1, 0.15) is 39.4 Å². The Labute approximate surface area is 124 Å². The molecular formula is C15H23NO5. The number of carbonyl (C=O) groups excluding carboxylic acids is 1. The highest BCUT2D eigenvalue weighted by molar-refractivity contribution is 5.68. The lowest BCUT2D eigenvalue weighted by Gasteiger charge is -2.31. The van der Waals surface area contributed by atoms with Gasteiger partial charge in [0.25, 0.3) is 0 Å². The van der Waals surface area contributed by atoms with E-state index < -0.39 is 23.8 Å². The van der Waals surface area contributed by atoms with Crippen molar-refractivity contribution in [3.8, 4) is 11.5 Å². The number of phenolic OH excluding ortho intramolecular Hbond substituents is 2. The van der Waals surface area contributed by atoms with Gasteiger partial charge in [-0.15, -0.1) is 0 Å². The molecule has 0 heterocycles. The van der Waals surface area contributed by atoms with Gasteiger partial charge in [-0.25, -0.2) is 4.79 Å². The number of aliphatic hydroxyl groups excluding tert-OH is 1. The number of amides is 1. The number of rotatable bonds is 3. The monoisotopic (exact) mass is 297 g/mol. The van der Waals surface area contributed by atoms with E-state index in [1.54, 1.807) is 27.7 Å². The maximum atomic E-state index is 12.0. The molecule has 1 aromatic rings. The van der Waals surface area contributed by atoms with Crippen LogP contribution < -0.4 is 0 Å². The summed E-state index contributed by atoms with van der Waals surface area (Å²) in [7, 11) is 1.53. The van der Waals surface area contributed by atoms with E-state index in [9.17, 15) is 20.1 Å². The van der Waals surface area contributed by atoms with Crippen LogP contribution in [0, 0.1) is 0 Å². The molecule has 0 fully saturated rings. The van der Waals surface area contributed by atoms with E-state index >= 15 is 0 Å². The van der Waals surface area contributed by atoms with Crippen LogP contribution in [-0.4, -0.2) is 45.0 Å². The first-order valence-electron chi connectivity index (χ1n) is 6.68. The minimum Gasteiger partial charge on any atom is -0.504 e. The van der Waals surface area contributed by atoms with Crippen LogP contribution in [0.2, 0.25) is 0 Å². The fraction of sp³-hybridized carbons (Fsp3) is 0.533. The molecule has 0 aliphatic carbocycles. The molecule has 0 aliphatic heterocycles. The summed E-state index contributed by atoms with van der Waals surface area (Å²) in [6.07, 6.45) is -1.56. The first-order chi connectivity index (χ1) is 9.53. The van der Waals surface area contributed by atoms with E-state index in [2.05, 4.69) is 0 Å². The van der Waals surface area contributed by atoms with Gasteiger partial charge in [0, 0.05) is 7.05 Å². The summed E-state index contributed by atoms with van der Waals surface area (Å²) in [5.41, 5.74) is -0.222. The molecule has 2 atom stereocenters. The predicted molar refractivity (Wildman–Crippen MR) is 78.2 cm³/mol. The van der Waals surface area contributed by atoms with Crippen molar-refractivity contribution in [2.75, 3.05) is 7.05 Å². The van der Waals surface area contributed by atoms with E-state index in [0.717, 1.165) is 0 Å². The van der Waals surface area contributed by atoms with Crippen LogP contribution in [0.5, 0.6) is 11.5 Å². The molecule has 1 rings (SSSR count). The normalized spacial score (nSPS) is 14.4. The Morgan fingerprint density at radius 2 is 1.81 bits per heavy atom. The van der Waals surface area contributed by atoms with E-state index in [-0.39, 0.29) is 11.5 Å². The summed E-state index contributed by atoms with van der Waals surface area (Å²) in [4.78, 5) is 13.3. The number of carbonyl (C=O) groups is 1. The number of hydrogen-bond donors (Lipinski definition) is 3. The highest BCUT2D eigenvalue weighted by Crippen LogP contribution is 2.30.